The molecule has 204 valence electrons. The van der Waals surface area contributed by atoms with Crippen LogP contribution in [0.3, 0.4) is 0 Å². The molecule has 12 heteroatoms. The number of nitrogens with two attached hydrogens (primary N) is 1. The first-order chi connectivity index (χ1) is 17.4. The number of carboxylic acid groups (broad SMARTS) is 1. The second-order valence-corrected chi connectivity index (χ2v) is 9.70. The van der Waals surface area contributed by atoms with Crippen molar-refractivity contribution >= 4 is 29.6 Å². The van der Waals surface area contributed by atoms with Crippen molar-refractivity contribution in [3.63, 3.8) is 0 Å². The molecule has 1 aromatic carbocycles. The summed E-state index contributed by atoms with van der Waals surface area (Å²) in [7, 11) is 0. The molecule has 1 saturated heterocycles. The second kappa shape index (κ2) is 13.6. The minimum atomic E-state index is -1.08. The van der Waals surface area contributed by atoms with Crippen LogP contribution in [0.15, 0.2) is 24.3 Å². The number of carbonyl (C=O) groups is 5. The van der Waals surface area contributed by atoms with E-state index < -0.39 is 53.8 Å². The summed E-state index contributed by atoms with van der Waals surface area (Å²) in [6.45, 7) is 5.13. The molecular formula is C25H37N5O7. The molecule has 1 aliphatic heterocycles. The Bertz CT molecular complexity index is 982. The van der Waals surface area contributed by atoms with Gasteiger partial charge in [0.2, 0.25) is 23.6 Å². The number of benzene rings is 1. The lowest BCUT2D eigenvalue weighted by Crippen LogP contribution is -2.56. The molecule has 0 spiro atoms. The van der Waals surface area contributed by atoms with Crippen LogP contribution in [-0.4, -0.2) is 82.0 Å². The molecule has 0 aliphatic carbocycles. The molecule has 0 radical (unpaired) electrons. The van der Waals surface area contributed by atoms with Crippen LogP contribution in [0.5, 0.6) is 5.75 Å². The van der Waals surface area contributed by atoms with Gasteiger partial charge in [-0.1, -0.05) is 26.0 Å². The Kier molecular flexibility index (Phi) is 10.9. The van der Waals surface area contributed by atoms with Gasteiger partial charge < -0.3 is 36.8 Å². The monoisotopic (exact) mass is 519 g/mol. The van der Waals surface area contributed by atoms with Gasteiger partial charge in [0.05, 0.1) is 12.6 Å². The van der Waals surface area contributed by atoms with Gasteiger partial charge in [-0.25, -0.2) is 4.79 Å². The van der Waals surface area contributed by atoms with Gasteiger partial charge in [-0.15, -0.1) is 0 Å². The third-order valence-corrected chi connectivity index (χ3v) is 6.09. The predicted octanol–water partition coefficient (Wildman–Crippen LogP) is -0.511. The molecule has 0 unspecified atom stereocenters. The molecule has 12 nitrogen and oxygen atoms in total. The SMILES string of the molecule is CC(C)C[C@H](NC(=O)[C@@H](N)Cc1ccc(O)cc1)C(=O)N[C@@H](C)C(=O)NCC(=O)N1CCC[C@H]1C(=O)O. The molecule has 1 heterocycles. The summed E-state index contributed by atoms with van der Waals surface area (Å²) in [6.07, 6.45) is 1.45. The number of carbonyl (C=O) groups excluding carboxylic acids is 4. The quantitative estimate of drug-likeness (QED) is 0.213. The molecule has 1 aromatic rings. The first-order valence-corrected chi connectivity index (χ1v) is 12.3. The van der Waals surface area contributed by atoms with Crippen molar-refractivity contribution in [2.75, 3.05) is 13.1 Å². The van der Waals surface area contributed by atoms with Crippen LogP contribution in [-0.2, 0) is 30.4 Å². The fourth-order valence-corrected chi connectivity index (χ4v) is 4.08. The van der Waals surface area contributed by atoms with E-state index in [-0.39, 0.29) is 24.6 Å². The Morgan fingerprint density at radius 3 is 2.27 bits per heavy atom. The first-order valence-electron chi connectivity index (χ1n) is 12.3. The summed E-state index contributed by atoms with van der Waals surface area (Å²) in [5.41, 5.74) is 6.77. The number of amides is 4. The summed E-state index contributed by atoms with van der Waals surface area (Å²) in [6, 6.07) is 2.51. The van der Waals surface area contributed by atoms with Crippen molar-refractivity contribution < 1.29 is 34.2 Å². The summed E-state index contributed by atoms with van der Waals surface area (Å²) in [4.78, 5) is 62.9. The Morgan fingerprint density at radius 2 is 1.68 bits per heavy atom. The lowest BCUT2D eigenvalue weighted by Gasteiger charge is -2.24. The number of phenolic OH excluding ortho intramolecular Hbond substituents is 1. The van der Waals surface area contributed by atoms with Gasteiger partial charge >= 0.3 is 5.97 Å². The number of hydrogen-bond acceptors (Lipinski definition) is 7. The van der Waals surface area contributed by atoms with Gasteiger partial charge in [0.1, 0.15) is 23.9 Å². The predicted molar refractivity (Wildman–Crippen MR) is 134 cm³/mol. The number of phenols is 1. The molecule has 1 fully saturated rings. The molecule has 0 aromatic heterocycles. The van der Waals surface area contributed by atoms with Gasteiger partial charge in [-0.3, -0.25) is 19.2 Å². The largest absolute Gasteiger partial charge is 0.508 e. The normalized spacial score (nSPS) is 17.5. The van der Waals surface area contributed by atoms with E-state index in [1.54, 1.807) is 12.1 Å². The number of likely N-dealkylation sites (tertiary alicyclic amines) is 1. The fourth-order valence-electron chi connectivity index (χ4n) is 4.08. The molecule has 4 atom stereocenters. The molecule has 7 N–H and O–H groups in total. The summed E-state index contributed by atoms with van der Waals surface area (Å²) in [5.74, 6) is -3.17. The highest BCUT2D eigenvalue weighted by Gasteiger charge is 2.34. The smallest absolute Gasteiger partial charge is 0.326 e. The van der Waals surface area contributed by atoms with Crippen LogP contribution >= 0.6 is 0 Å². The van der Waals surface area contributed by atoms with Gasteiger partial charge in [0.25, 0.3) is 0 Å². The number of aliphatic carboxylic acids is 1. The number of aromatic hydroxyl groups is 1. The summed E-state index contributed by atoms with van der Waals surface area (Å²) in [5, 5.41) is 26.2. The van der Waals surface area contributed by atoms with Gasteiger partial charge in [-0.2, -0.15) is 0 Å². The van der Waals surface area contributed by atoms with Gasteiger partial charge in [-0.05, 0) is 56.2 Å². The van der Waals surface area contributed by atoms with Crippen LogP contribution in [0.1, 0.15) is 45.6 Å². The third-order valence-electron chi connectivity index (χ3n) is 6.09. The average Bonchev–Trinajstić information content (AvgIpc) is 3.33. The zero-order chi connectivity index (χ0) is 27.7. The number of nitrogens with one attached hydrogen (secondary N) is 3. The van der Waals surface area contributed by atoms with E-state index in [1.165, 1.54) is 24.0 Å². The van der Waals surface area contributed by atoms with E-state index in [0.717, 1.165) is 5.56 Å². The summed E-state index contributed by atoms with van der Waals surface area (Å²) < 4.78 is 0. The van der Waals surface area contributed by atoms with Crippen LogP contribution in [0, 0.1) is 5.92 Å². The molecule has 2 rings (SSSR count). The average molecular weight is 520 g/mol. The maximum absolute atomic E-state index is 12.9. The van der Waals surface area contributed by atoms with E-state index in [0.29, 0.717) is 25.8 Å². The number of rotatable bonds is 12. The molecule has 37 heavy (non-hydrogen) atoms. The highest BCUT2D eigenvalue weighted by Crippen LogP contribution is 2.17. The lowest BCUT2D eigenvalue weighted by molar-refractivity contribution is -0.148. The molecule has 0 saturated carbocycles. The zero-order valence-corrected chi connectivity index (χ0v) is 21.4. The van der Waals surface area contributed by atoms with Crippen molar-refractivity contribution in [1.29, 1.82) is 0 Å². The maximum atomic E-state index is 12.9. The van der Waals surface area contributed by atoms with E-state index in [4.69, 9.17) is 5.73 Å². The Hall–Kier alpha value is -3.67. The number of hydrogen-bond donors (Lipinski definition) is 6. The van der Waals surface area contributed by atoms with Crippen molar-refractivity contribution in [1.82, 2.24) is 20.9 Å². The van der Waals surface area contributed by atoms with Crippen molar-refractivity contribution in [3.05, 3.63) is 29.8 Å². The van der Waals surface area contributed by atoms with Crippen molar-refractivity contribution in [2.45, 2.75) is 70.6 Å². The van der Waals surface area contributed by atoms with E-state index in [2.05, 4.69) is 16.0 Å². The fraction of sp³-hybridized carbons (Fsp3) is 0.560. The minimum absolute atomic E-state index is 0.0498. The zero-order valence-electron chi connectivity index (χ0n) is 21.4. The molecular weight excluding hydrogens is 482 g/mol. The highest BCUT2D eigenvalue weighted by atomic mass is 16.4. The standard InChI is InChI=1S/C25H37N5O7/c1-14(2)11-19(29-23(34)18(26)12-16-6-8-17(31)9-7-16)24(35)28-15(3)22(33)27-13-21(32)30-10-4-5-20(30)25(36)37/h6-9,14-15,18-20,31H,4-5,10-13,26H2,1-3H3,(H,27,33)(H,28,35)(H,29,34)(H,36,37)/t15-,18-,19-,20-/m0/s1. The highest BCUT2D eigenvalue weighted by molar-refractivity contribution is 5.94. The van der Waals surface area contributed by atoms with Crippen LogP contribution in [0.4, 0.5) is 0 Å². The van der Waals surface area contributed by atoms with Crippen LogP contribution in [0.2, 0.25) is 0 Å². The van der Waals surface area contributed by atoms with E-state index in [9.17, 15) is 34.2 Å². The van der Waals surface area contributed by atoms with Crippen LogP contribution in [0.25, 0.3) is 0 Å². The summed E-state index contributed by atoms with van der Waals surface area (Å²) >= 11 is 0. The van der Waals surface area contributed by atoms with Crippen molar-refractivity contribution in [3.8, 4) is 5.75 Å². The van der Waals surface area contributed by atoms with Gasteiger partial charge in [0, 0.05) is 6.54 Å². The Morgan fingerprint density at radius 1 is 1.03 bits per heavy atom. The van der Waals surface area contributed by atoms with Gasteiger partial charge in [0.15, 0.2) is 0 Å². The van der Waals surface area contributed by atoms with E-state index in [1.807, 2.05) is 13.8 Å². The van der Waals surface area contributed by atoms with Crippen molar-refractivity contribution in [2.24, 2.45) is 11.7 Å². The number of carboxylic acids is 1. The third kappa shape index (κ3) is 9.05. The molecule has 0 bridgehead atoms. The Balaban J connectivity index is 1.90. The lowest BCUT2D eigenvalue weighted by atomic mass is 10.0. The molecule has 4 amide bonds. The minimum Gasteiger partial charge on any atom is -0.508 e. The first kappa shape index (κ1) is 29.6. The maximum Gasteiger partial charge on any atom is 0.326 e. The molecule has 1 aliphatic rings. The number of nitrogens with zero attached hydrogens (tertiary/aromatic N) is 1. The second-order valence-electron chi connectivity index (χ2n) is 9.70. The van der Waals surface area contributed by atoms with E-state index >= 15 is 0 Å². The van der Waals surface area contributed by atoms with Crippen LogP contribution < -0.4 is 21.7 Å². The Labute approximate surface area is 216 Å². The topological polar surface area (TPSA) is 191 Å².